The van der Waals surface area contributed by atoms with E-state index in [1.807, 2.05) is 23.6 Å². The van der Waals surface area contributed by atoms with Gasteiger partial charge in [-0.1, -0.05) is 11.2 Å². The minimum atomic E-state index is -0.264. The molecule has 3 aromatic rings. The summed E-state index contributed by atoms with van der Waals surface area (Å²) in [5, 5.41) is 19.9. The van der Waals surface area contributed by atoms with Gasteiger partial charge in [-0.25, -0.2) is 0 Å². The smallest absolute Gasteiger partial charge is 0.273 e. The fourth-order valence-corrected chi connectivity index (χ4v) is 3.64. The molecule has 4 heterocycles. The van der Waals surface area contributed by atoms with Crippen molar-refractivity contribution in [3.63, 3.8) is 0 Å². The normalized spacial score (nSPS) is 13.7. The SMILES string of the molecule is O=C(NCCNc1cc(N2CCCC2)cnn1)c1cc(-c2cccs2)on1. The van der Waals surface area contributed by atoms with Crippen LogP contribution in [0.25, 0.3) is 10.6 Å². The summed E-state index contributed by atoms with van der Waals surface area (Å²) in [6.07, 6.45) is 4.22. The molecule has 0 aliphatic carbocycles. The highest BCUT2D eigenvalue weighted by atomic mass is 32.1. The molecule has 0 aromatic carbocycles. The van der Waals surface area contributed by atoms with Gasteiger partial charge >= 0.3 is 0 Å². The van der Waals surface area contributed by atoms with Gasteiger partial charge in [-0.15, -0.1) is 16.4 Å². The monoisotopic (exact) mass is 384 g/mol. The van der Waals surface area contributed by atoms with E-state index in [0.29, 0.717) is 24.7 Å². The van der Waals surface area contributed by atoms with Gasteiger partial charge in [0.25, 0.3) is 5.91 Å². The number of carbonyl (C=O) groups excluding carboxylic acids is 1. The number of nitrogens with zero attached hydrogens (tertiary/aromatic N) is 4. The zero-order chi connectivity index (χ0) is 18.5. The highest BCUT2D eigenvalue weighted by molar-refractivity contribution is 7.13. The maximum atomic E-state index is 12.2. The number of rotatable bonds is 7. The van der Waals surface area contributed by atoms with Crippen LogP contribution in [-0.4, -0.2) is 47.4 Å². The van der Waals surface area contributed by atoms with E-state index >= 15 is 0 Å². The molecule has 0 spiro atoms. The number of carbonyl (C=O) groups is 1. The predicted molar refractivity (Wildman–Crippen MR) is 104 cm³/mol. The average molecular weight is 384 g/mol. The third kappa shape index (κ3) is 4.25. The maximum absolute atomic E-state index is 12.2. The first-order valence-electron chi connectivity index (χ1n) is 8.90. The Labute approximate surface area is 160 Å². The largest absolute Gasteiger partial charge is 0.370 e. The molecule has 140 valence electrons. The molecule has 0 radical (unpaired) electrons. The molecule has 1 aliphatic heterocycles. The van der Waals surface area contributed by atoms with Gasteiger partial charge in [-0.3, -0.25) is 4.79 Å². The first-order valence-corrected chi connectivity index (χ1v) is 9.78. The van der Waals surface area contributed by atoms with Crippen LogP contribution >= 0.6 is 11.3 Å². The van der Waals surface area contributed by atoms with Crippen molar-refractivity contribution in [2.75, 3.05) is 36.4 Å². The van der Waals surface area contributed by atoms with Crippen LogP contribution < -0.4 is 15.5 Å². The quantitative estimate of drug-likeness (QED) is 0.605. The third-order valence-electron chi connectivity index (χ3n) is 4.33. The Kier molecular flexibility index (Phi) is 5.29. The third-order valence-corrected chi connectivity index (χ3v) is 5.22. The summed E-state index contributed by atoms with van der Waals surface area (Å²) in [4.78, 5) is 15.4. The van der Waals surface area contributed by atoms with Crippen LogP contribution in [0.4, 0.5) is 11.5 Å². The van der Waals surface area contributed by atoms with Gasteiger partial charge < -0.3 is 20.1 Å². The van der Waals surface area contributed by atoms with Crippen molar-refractivity contribution in [1.82, 2.24) is 20.7 Å². The fraction of sp³-hybridized carbons (Fsp3) is 0.333. The number of nitrogens with one attached hydrogen (secondary N) is 2. The van der Waals surface area contributed by atoms with Crippen molar-refractivity contribution in [1.29, 1.82) is 0 Å². The lowest BCUT2D eigenvalue weighted by molar-refractivity contribution is 0.0946. The van der Waals surface area contributed by atoms with Crippen molar-refractivity contribution in [3.05, 3.63) is 41.5 Å². The topological polar surface area (TPSA) is 96.2 Å². The summed E-state index contributed by atoms with van der Waals surface area (Å²) in [5.41, 5.74) is 1.35. The van der Waals surface area contributed by atoms with E-state index in [0.717, 1.165) is 23.7 Å². The standard InChI is InChI=1S/C18H20N6O2S/c25-18(14-11-15(26-23-14)16-4-3-9-27-16)20-6-5-19-17-10-13(12-21-22-17)24-7-1-2-8-24/h3-4,9-12H,1-2,5-8H2,(H,19,22)(H,20,25). The Balaban J connectivity index is 1.25. The second-order valence-electron chi connectivity index (χ2n) is 6.23. The van der Waals surface area contributed by atoms with E-state index < -0.39 is 0 Å². The van der Waals surface area contributed by atoms with Gasteiger partial charge in [0.05, 0.1) is 16.8 Å². The number of aromatic nitrogens is 3. The van der Waals surface area contributed by atoms with Gasteiger partial charge in [-0.05, 0) is 24.3 Å². The molecule has 0 unspecified atom stereocenters. The minimum absolute atomic E-state index is 0.264. The van der Waals surface area contributed by atoms with Crippen LogP contribution in [0.3, 0.4) is 0 Å². The Bertz CT molecular complexity index is 889. The molecule has 8 nitrogen and oxygen atoms in total. The lowest BCUT2D eigenvalue weighted by Crippen LogP contribution is -2.29. The second kappa shape index (κ2) is 8.17. The predicted octanol–water partition coefficient (Wildman–Crippen LogP) is 2.64. The molecule has 1 fully saturated rings. The van der Waals surface area contributed by atoms with E-state index in [4.69, 9.17) is 4.52 Å². The summed E-state index contributed by atoms with van der Waals surface area (Å²) in [6.45, 7) is 3.11. The molecule has 3 aromatic heterocycles. The van der Waals surface area contributed by atoms with Crippen molar-refractivity contribution in [3.8, 4) is 10.6 Å². The van der Waals surface area contributed by atoms with Crippen LogP contribution in [0.2, 0.25) is 0 Å². The molecular formula is C18H20N6O2S. The molecule has 0 atom stereocenters. The highest BCUT2D eigenvalue weighted by Gasteiger charge is 2.15. The Morgan fingerprint density at radius 1 is 1.26 bits per heavy atom. The fourth-order valence-electron chi connectivity index (χ4n) is 2.97. The van der Waals surface area contributed by atoms with Crippen LogP contribution in [0.5, 0.6) is 0 Å². The lowest BCUT2D eigenvalue weighted by Gasteiger charge is -2.17. The zero-order valence-corrected chi connectivity index (χ0v) is 15.5. The number of hydrogen-bond donors (Lipinski definition) is 2. The molecule has 9 heteroatoms. The van der Waals surface area contributed by atoms with Crippen LogP contribution in [0.1, 0.15) is 23.3 Å². The molecule has 0 bridgehead atoms. The lowest BCUT2D eigenvalue weighted by atomic mass is 10.3. The van der Waals surface area contributed by atoms with Crippen molar-refractivity contribution in [2.24, 2.45) is 0 Å². The van der Waals surface area contributed by atoms with Crippen LogP contribution in [0.15, 0.2) is 40.4 Å². The number of hydrogen-bond acceptors (Lipinski definition) is 8. The highest BCUT2D eigenvalue weighted by Crippen LogP contribution is 2.25. The minimum Gasteiger partial charge on any atom is -0.370 e. The van der Waals surface area contributed by atoms with E-state index in [-0.39, 0.29) is 11.6 Å². The number of thiophene rings is 1. The first-order chi connectivity index (χ1) is 13.3. The molecule has 0 saturated carbocycles. The Hall–Kier alpha value is -2.94. The van der Waals surface area contributed by atoms with Gasteiger partial charge in [-0.2, -0.15) is 5.10 Å². The molecule has 27 heavy (non-hydrogen) atoms. The Morgan fingerprint density at radius 3 is 2.96 bits per heavy atom. The zero-order valence-electron chi connectivity index (χ0n) is 14.7. The van der Waals surface area contributed by atoms with E-state index in [9.17, 15) is 4.79 Å². The van der Waals surface area contributed by atoms with E-state index in [1.54, 1.807) is 12.3 Å². The van der Waals surface area contributed by atoms with Crippen molar-refractivity contribution >= 4 is 28.7 Å². The molecule has 4 rings (SSSR count). The first kappa shape index (κ1) is 17.5. The van der Waals surface area contributed by atoms with Crippen molar-refractivity contribution in [2.45, 2.75) is 12.8 Å². The van der Waals surface area contributed by atoms with Crippen molar-refractivity contribution < 1.29 is 9.32 Å². The van der Waals surface area contributed by atoms with Crippen LogP contribution in [0, 0.1) is 0 Å². The van der Waals surface area contributed by atoms with E-state index in [1.165, 1.54) is 24.2 Å². The van der Waals surface area contributed by atoms with Gasteiger partial charge in [0.15, 0.2) is 17.3 Å². The molecular weight excluding hydrogens is 364 g/mol. The number of amides is 1. The second-order valence-corrected chi connectivity index (χ2v) is 7.18. The van der Waals surface area contributed by atoms with Gasteiger partial charge in [0.2, 0.25) is 0 Å². The van der Waals surface area contributed by atoms with Gasteiger partial charge in [0, 0.05) is 38.3 Å². The molecule has 1 saturated heterocycles. The molecule has 1 amide bonds. The summed E-state index contributed by atoms with van der Waals surface area (Å²) >= 11 is 1.54. The summed E-state index contributed by atoms with van der Waals surface area (Å²) < 4.78 is 5.23. The van der Waals surface area contributed by atoms with Crippen LogP contribution in [-0.2, 0) is 0 Å². The molecule has 1 aliphatic rings. The number of anilines is 2. The summed E-state index contributed by atoms with van der Waals surface area (Å²) in [5.74, 6) is 1.04. The maximum Gasteiger partial charge on any atom is 0.273 e. The average Bonchev–Trinajstić information content (AvgIpc) is 3.46. The summed E-state index contributed by atoms with van der Waals surface area (Å²) in [7, 11) is 0. The molecule has 2 N–H and O–H groups in total. The van der Waals surface area contributed by atoms with Gasteiger partial charge in [0.1, 0.15) is 0 Å². The Morgan fingerprint density at radius 2 is 2.15 bits per heavy atom. The van der Waals surface area contributed by atoms with E-state index in [2.05, 4.69) is 30.9 Å². The summed E-state index contributed by atoms with van der Waals surface area (Å²) in [6, 6.07) is 7.49.